The summed E-state index contributed by atoms with van der Waals surface area (Å²) in [7, 11) is 2.04. The Labute approximate surface area is 118 Å². The van der Waals surface area contributed by atoms with E-state index in [9.17, 15) is 0 Å². The van der Waals surface area contributed by atoms with E-state index in [1.807, 2.05) is 7.05 Å². The molecule has 2 rings (SSSR count). The lowest BCUT2D eigenvalue weighted by Gasteiger charge is -2.34. The number of anilines is 1. The zero-order chi connectivity index (χ0) is 13.7. The minimum atomic E-state index is 0.485. The van der Waals surface area contributed by atoms with Gasteiger partial charge in [0.2, 0.25) is 0 Å². The Hall–Kier alpha value is -1.02. The Kier molecular flexibility index (Phi) is 5.26. The summed E-state index contributed by atoms with van der Waals surface area (Å²) >= 11 is 0. The number of piperidine rings is 1. The lowest BCUT2D eigenvalue weighted by Crippen LogP contribution is -2.35. The van der Waals surface area contributed by atoms with Crippen LogP contribution in [0.3, 0.4) is 0 Å². The molecule has 1 heterocycles. The van der Waals surface area contributed by atoms with Crippen molar-refractivity contribution < 1.29 is 0 Å². The van der Waals surface area contributed by atoms with Crippen LogP contribution in [-0.2, 0) is 0 Å². The van der Waals surface area contributed by atoms with E-state index in [-0.39, 0.29) is 0 Å². The van der Waals surface area contributed by atoms with E-state index in [1.165, 1.54) is 43.6 Å². The monoisotopic (exact) mass is 260 g/mol. The third-order valence-corrected chi connectivity index (χ3v) is 4.51. The van der Waals surface area contributed by atoms with Gasteiger partial charge in [-0.15, -0.1) is 0 Å². The maximum absolute atomic E-state index is 3.37. The van der Waals surface area contributed by atoms with Crippen molar-refractivity contribution in [2.45, 2.75) is 45.6 Å². The van der Waals surface area contributed by atoms with Crippen molar-refractivity contribution in [2.24, 2.45) is 5.92 Å². The predicted molar refractivity (Wildman–Crippen MR) is 83.8 cm³/mol. The summed E-state index contributed by atoms with van der Waals surface area (Å²) < 4.78 is 0. The van der Waals surface area contributed by atoms with Crippen LogP contribution in [0.4, 0.5) is 5.69 Å². The fraction of sp³-hybridized carbons (Fsp3) is 0.647. The lowest BCUT2D eigenvalue weighted by atomic mass is 9.95. The number of hydrogen-bond acceptors (Lipinski definition) is 2. The second kappa shape index (κ2) is 6.95. The summed E-state index contributed by atoms with van der Waals surface area (Å²) in [4.78, 5) is 2.56. The maximum atomic E-state index is 3.37. The first-order valence-corrected chi connectivity index (χ1v) is 7.80. The molecule has 0 aliphatic carbocycles. The zero-order valence-corrected chi connectivity index (χ0v) is 12.7. The molecule has 106 valence electrons. The van der Waals surface area contributed by atoms with E-state index in [2.05, 4.69) is 48.3 Å². The number of nitrogens with zero attached hydrogens (tertiary/aromatic N) is 1. The SMILES string of the molecule is CCC1CCCN(c2ccc(C(CC)NC)cc2)C1. The summed E-state index contributed by atoms with van der Waals surface area (Å²) in [5, 5.41) is 3.37. The highest BCUT2D eigenvalue weighted by atomic mass is 15.1. The van der Waals surface area contributed by atoms with Gasteiger partial charge in [0, 0.05) is 24.8 Å². The van der Waals surface area contributed by atoms with Crippen LogP contribution in [0.2, 0.25) is 0 Å². The molecule has 19 heavy (non-hydrogen) atoms. The first-order valence-electron chi connectivity index (χ1n) is 7.80. The van der Waals surface area contributed by atoms with Crippen molar-refractivity contribution in [1.82, 2.24) is 5.32 Å². The van der Waals surface area contributed by atoms with Crippen LogP contribution in [0.1, 0.15) is 51.1 Å². The molecule has 1 fully saturated rings. The molecule has 0 bridgehead atoms. The largest absolute Gasteiger partial charge is 0.371 e. The molecule has 1 aromatic carbocycles. The van der Waals surface area contributed by atoms with Gasteiger partial charge in [-0.2, -0.15) is 0 Å². The van der Waals surface area contributed by atoms with Crippen LogP contribution in [0.15, 0.2) is 24.3 Å². The van der Waals surface area contributed by atoms with Gasteiger partial charge in [-0.1, -0.05) is 32.4 Å². The number of benzene rings is 1. The van der Waals surface area contributed by atoms with Crippen LogP contribution in [-0.4, -0.2) is 20.1 Å². The number of nitrogens with one attached hydrogen (secondary N) is 1. The van der Waals surface area contributed by atoms with Gasteiger partial charge in [0.1, 0.15) is 0 Å². The quantitative estimate of drug-likeness (QED) is 0.861. The molecule has 0 saturated carbocycles. The van der Waals surface area contributed by atoms with E-state index in [0.717, 1.165) is 12.3 Å². The minimum absolute atomic E-state index is 0.485. The highest BCUT2D eigenvalue weighted by Gasteiger charge is 2.18. The van der Waals surface area contributed by atoms with Gasteiger partial charge in [-0.3, -0.25) is 0 Å². The second-order valence-electron chi connectivity index (χ2n) is 5.70. The van der Waals surface area contributed by atoms with Gasteiger partial charge in [0.05, 0.1) is 0 Å². The van der Waals surface area contributed by atoms with Gasteiger partial charge in [0.25, 0.3) is 0 Å². The fourth-order valence-electron chi connectivity index (χ4n) is 3.16. The summed E-state index contributed by atoms with van der Waals surface area (Å²) in [6.07, 6.45) is 5.20. The Balaban J connectivity index is 2.05. The van der Waals surface area contributed by atoms with Gasteiger partial charge in [-0.25, -0.2) is 0 Å². The molecule has 2 nitrogen and oxygen atoms in total. The van der Waals surface area contributed by atoms with Crippen molar-refractivity contribution >= 4 is 5.69 Å². The van der Waals surface area contributed by atoms with Crippen molar-refractivity contribution in [3.63, 3.8) is 0 Å². The average molecular weight is 260 g/mol. The Morgan fingerprint density at radius 1 is 1.26 bits per heavy atom. The summed E-state index contributed by atoms with van der Waals surface area (Å²) in [6.45, 7) is 7.00. The molecule has 0 radical (unpaired) electrons. The smallest absolute Gasteiger partial charge is 0.0366 e. The molecular formula is C17H28N2. The van der Waals surface area contributed by atoms with Crippen LogP contribution in [0.25, 0.3) is 0 Å². The van der Waals surface area contributed by atoms with E-state index >= 15 is 0 Å². The summed E-state index contributed by atoms with van der Waals surface area (Å²) in [5.74, 6) is 0.883. The van der Waals surface area contributed by atoms with Gasteiger partial charge in [-0.05, 0) is 49.9 Å². The van der Waals surface area contributed by atoms with Crippen LogP contribution in [0, 0.1) is 5.92 Å². The first-order chi connectivity index (χ1) is 9.28. The summed E-state index contributed by atoms with van der Waals surface area (Å²) in [5.41, 5.74) is 2.80. The molecular weight excluding hydrogens is 232 g/mol. The fourth-order valence-corrected chi connectivity index (χ4v) is 3.16. The highest BCUT2D eigenvalue weighted by Crippen LogP contribution is 2.26. The molecule has 0 amide bonds. The average Bonchev–Trinajstić information content (AvgIpc) is 2.49. The van der Waals surface area contributed by atoms with E-state index in [0.29, 0.717) is 6.04 Å². The van der Waals surface area contributed by atoms with E-state index in [1.54, 1.807) is 0 Å². The Bertz CT molecular complexity index is 367. The molecule has 2 heteroatoms. The minimum Gasteiger partial charge on any atom is -0.371 e. The molecule has 1 aliphatic rings. The zero-order valence-electron chi connectivity index (χ0n) is 12.7. The molecule has 0 aromatic heterocycles. The molecule has 1 saturated heterocycles. The first kappa shape index (κ1) is 14.4. The molecule has 2 atom stereocenters. The Morgan fingerprint density at radius 3 is 2.58 bits per heavy atom. The third kappa shape index (κ3) is 3.50. The van der Waals surface area contributed by atoms with E-state index < -0.39 is 0 Å². The van der Waals surface area contributed by atoms with Crippen molar-refractivity contribution in [2.75, 3.05) is 25.0 Å². The molecule has 0 spiro atoms. The van der Waals surface area contributed by atoms with Gasteiger partial charge >= 0.3 is 0 Å². The highest BCUT2D eigenvalue weighted by molar-refractivity contribution is 5.48. The van der Waals surface area contributed by atoms with Gasteiger partial charge < -0.3 is 10.2 Å². The molecule has 1 aliphatic heterocycles. The second-order valence-corrected chi connectivity index (χ2v) is 5.70. The lowest BCUT2D eigenvalue weighted by molar-refractivity contribution is 0.404. The maximum Gasteiger partial charge on any atom is 0.0366 e. The van der Waals surface area contributed by atoms with Crippen molar-refractivity contribution in [3.05, 3.63) is 29.8 Å². The van der Waals surface area contributed by atoms with Gasteiger partial charge in [0.15, 0.2) is 0 Å². The normalized spacial score (nSPS) is 21.4. The molecule has 2 unspecified atom stereocenters. The topological polar surface area (TPSA) is 15.3 Å². The molecule has 1 N–H and O–H groups in total. The molecule has 1 aromatic rings. The number of rotatable bonds is 5. The predicted octanol–water partition coefficient (Wildman–Crippen LogP) is 3.98. The van der Waals surface area contributed by atoms with Crippen LogP contribution in [0.5, 0.6) is 0 Å². The van der Waals surface area contributed by atoms with Crippen LogP contribution >= 0.6 is 0 Å². The standard InChI is InChI=1S/C17H28N2/c1-4-14-7-6-12-19(13-14)16-10-8-15(9-11-16)17(5-2)18-3/h8-11,14,17-18H,4-7,12-13H2,1-3H3. The van der Waals surface area contributed by atoms with Crippen molar-refractivity contribution in [3.8, 4) is 0 Å². The number of hydrogen-bond donors (Lipinski definition) is 1. The van der Waals surface area contributed by atoms with Crippen molar-refractivity contribution in [1.29, 1.82) is 0 Å². The Morgan fingerprint density at radius 2 is 2.00 bits per heavy atom. The van der Waals surface area contributed by atoms with Crippen LogP contribution < -0.4 is 10.2 Å². The van der Waals surface area contributed by atoms with E-state index in [4.69, 9.17) is 0 Å². The third-order valence-electron chi connectivity index (χ3n) is 4.51. The summed E-state index contributed by atoms with van der Waals surface area (Å²) in [6, 6.07) is 9.66.